The number of anilines is 1. The molecular weight excluding hydrogens is 376 g/mol. The van der Waals surface area contributed by atoms with Gasteiger partial charge in [-0.25, -0.2) is 0 Å². The molecule has 7 nitrogen and oxygen atoms in total. The number of aromatic nitrogens is 2. The predicted octanol–water partition coefficient (Wildman–Crippen LogP) is 2.42. The number of aromatic amines is 1. The zero-order valence-electron chi connectivity index (χ0n) is 16.0. The maximum atomic E-state index is 13.1. The Morgan fingerprint density at radius 3 is 2.71 bits per heavy atom. The minimum Gasteiger partial charge on any atom is -0.492 e. The molecule has 2 fully saturated rings. The van der Waals surface area contributed by atoms with Gasteiger partial charge in [0, 0.05) is 25.2 Å². The molecule has 2 atom stereocenters. The summed E-state index contributed by atoms with van der Waals surface area (Å²) in [7, 11) is 1.66. The van der Waals surface area contributed by atoms with Gasteiger partial charge in [-0.2, -0.15) is 0 Å². The number of benzene rings is 1. The highest BCUT2D eigenvalue weighted by molar-refractivity contribution is 7.12. The van der Waals surface area contributed by atoms with Crippen LogP contribution >= 0.6 is 11.5 Å². The van der Waals surface area contributed by atoms with E-state index in [0.717, 1.165) is 54.1 Å². The molecule has 8 heteroatoms. The van der Waals surface area contributed by atoms with E-state index < -0.39 is 0 Å². The number of hydrogen-bond donors (Lipinski definition) is 2. The lowest BCUT2D eigenvalue weighted by Gasteiger charge is -2.24. The van der Waals surface area contributed by atoms with E-state index in [4.69, 9.17) is 10.5 Å². The molecule has 3 aromatic rings. The third-order valence-corrected chi connectivity index (χ3v) is 7.03. The summed E-state index contributed by atoms with van der Waals surface area (Å²) in [5.41, 5.74) is 7.40. The lowest BCUT2D eigenvalue weighted by molar-refractivity contribution is 0.417. The van der Waals surface area contributed by atoms with E-state index in [0.29, 0.717) is 17.3 Å². The van der Waals surface area contributed by atoms with Crippen LogP contribution in [0.3, 0.4) is 0 Å². The van der Waals surface area contributed by atoms with Crippen molar-refractivity contribution in [3.8, 4) is 5.75 Å². The standard InChI is InChI=1S/C20H24N4O3S/c1-10(21)11-7-8-23(9-11)14-6-5-13-16(18(14)27-2)24(12-3-4-12)20-15(17(13)25)19(26)22-28-20/h5-6,10-12H,3-4,7-9,21H2,1-2H3,(H,22,26)/t10-,11+/m1/s1. The number of nitrogens with two attached hydrogens (primary N) is 1. The second-order valence-corrected chi connectivity index (χ2v) is 8.81. The SMILES string of the molecule is COc1c(N2CC[C@H]([C@@H](C)N)C2)ccc2c(=O)c3c(=O)[nH]sc3n(C3CC3)c12. The Balaban J connectivity index is 1.80. The first-order valence-electron chi connectivity index (χ1n) is 9.78. The smallest absolute Gasteiger partial charge is 0.271 e. The van der Waals surface area contributed by atoms with Crippen molar-refractivity contribution in [1.29, 1.82) is 0 Å². The Morgan fingerprint density at radius 1 is 1.29 bits per heavy atom. The van der Waals surface area contributed by atoms with E-state index in [-0.39, 0.29) is 22.4 Å². The summed E-state index contributed by atoms with van der Waals surface area (Å²) in [5.74, 6) is 1.16. The van der Waals surface area contributed by atoms with Crippen molar-refractivity contribution >= 4 is 38.3 Å². The molecule has 1 saturated heterocycles. The fourth-order valence-electron chi connectivity index (χ4n) is 4.45. The molecule has 1 aliphatic carbocycles. The lowest BCUT2D eigenvalue weighted by atomic mass is 10.0. The van der Waals surface area contributed by atoms with E-state index in [2.05, 4.69) is 20.8 Å². The maximum absolute atomic E-state index is 13.1. The normalized spacial score (nSPS) is 21.0. The maximum Gasteiger partial charge on any atom is 0.271 e. The first kappa shape index (κ1) is 17.8. The van der Waals surface area contributed by atoms with Gasteiger partial charge < -0.3 is 19.9 Å². The van der Waals surface area contributed by atoms with E-state index in [1.54, 1.807) is 7.11 Å². The summed E-state index contributed by atoms with van der Waals surface area (Å²) in [6, 6.07) is 4.26. The molecule has 0 bridgehead atoms. The average molecular weight is 401 g/mol. The van der Waals surface area contributed by atoms with Gasteiger partial charge in [0.05, 0.1) is 23.7 Å². The van der Waals surface area contributed by atoms with Gasteiger partial charge in [0.25, 0.3) is 5.56 Å². The molecule has 0 spiro atoms. The van der Waals surface area contributed by atoms with Crippen LogP contribution in [0.5, 0.6) is 5.75 Å². The van der Waals surface area contributed by atoms with Crippen LogP contribution < -0.4 is 26.4 Å². The van der Waals surface area contributed by atoms with Crippen LogP contribution in [0, 0.1) is 5.92 Å². The summed E-state index contributed by atoms with van der Waals surface area (Å²) in [6.45, 7) is 3.86. The van der Waals surface area contributed by atoms with E-state index in [1.165, 1.54) is 11.5 Å². The number of H-pyrrole nitrogens is 1. The van der Waals surface area contributed by atoms with E-state index in [1.807, 2.05) is 12.1 Å². The minimum atomic E-state index is -0.302. The zero-order chi connectivity index (χ0) is 19.6. The summed E-state index contributed by atoms with van der Waals surface area (Å²) >= 11 is 1.24. The minimum absolute atomic E-state index is 0.151. The molecule has 3 N–H and O–H groups in total. The summed E-state index contributed by atoms with van der Waals surface area (Å²) in [6.07, 6.45) is 3.14. The third-order valence-electron chi connectivity index (χ3n) is 6.15. The molecule has 1 aliphatic heterocycles. The van der Waals surface area contributed by atoms with Crippen molar-refractivity contribution in [2.45, 2.75) is 38.3 Å². The number of pyridine rings is 1. The van der Waals surface area contributed by atoms with Gasteiger partial charge >= 0.3 is 0 Å². The molecule has 0 unspecified atom stereocenters. The molecule has 2 aliphatic rings. The molecule has 1 aromatic carbocycles. The molecule has 3 heterocycles. The number of ether oxygens (including phenoxy) is 1. The van der Waals surface area contributed by atoms with Crippen molar-refractivity contribution < 1.29 is 4.74 Å². The Labute approximate surface area is 165 Å². The third kappa shape index (κ3) is 2.51. The van der Waals surface area contributed by atoms with Gasteiger partial charge in [-0.1, -0.05) is 0 Å². The van der Waals surface area contributed by atoms with Gasteiger partial charge in [0.1, 0.15) is 10.2 Å². The van der Waals surface area contributed by atoms with Crippen molar-refractivity contribution in [1.82, 2.24) is 8.94 Å². The topological polar surface area (TPSA) is 93.3 Å². The van der Waals surface area contributed by atoms with E-state index in [9.17, 15) is 9.59 Å². The van der Waals surface area contributed by atoms with Gasteiger partial charge in [-0.05, 0) is 55.8 Å². The first-order valence-corrected chi connectivity index (χ1v) is 10.6. The van der Waals surface area contributed by atoms with Crippen LogP contribution in [0.15, 0.2) is 21.7 Å². The molecule has 148 valence electrons. The van der Waals surface area contributed by atoms with Crippen LogP contribution in [0.25, 0.3) is 21.1 Å². The van der Waals surface area contributed by atoms with Crippen LogP contribution in [0.4, 0.5) is 5.69 Å². The van der Waals surface area contributed by atoms with Crippen molar-refractivity contribution in [3.63, 3.8) is 0 Å². The van der Waals surface area contributed by atoms with Crippen molar-refractivity contribution in [3.05, 3.63) is 32.7 Å². The van der Waals surface area contributed by atoms with Crippen LogP contribution in [0.1, 0.15) is 32.2 Å². The number of methoxy groups -OCH3 is 1. The second kappa shape index (κ2) is 6.35. The number of hydrogen-bond acceptors (Lipinski definition) is 6. The Hall–Kier alpha value is -2.32. The van der Waals surface area contributed by atoms with Gasteiger partial charge in [-0.15, -0.1) is 0 Å². The lowest BCUT2D eigenvalue weighted by Crippen LogP contribution is -2.30. The highest BCUT2D eigenvalue weighted by atomic mass is 32.1. The predicted molar refractivity (Wildman–Crippen MR) is 113 cm³/mol. The summed E-state index contributed by atoms with van der Waals surface area (Å²) < 4.78 is 10.8. The van der Waals surface area contributed by atoms with Gasteiger partial charge in [-0.3, -0.25) is 14.0 Å². The largest absolute Gasteiger partial charge is 0.492 e. The zero-order valence-corrected chi connectivity index (χ0v) is 16.8. The average Bonchev–Trinajstić information content (AvgIpc) is 3.25. The van der Waals surface area contributed by atoms with Gasteiger partial charge in [0.15, 0.2) is 5.75 Å². The van der Waals surface area contributed by atoms with E-state index >= 15 is 0 Å². The molecule has 0 radical (unpaired) electrons. The molecule has 5 rings (SSSR count). The first-order chi connectivity index (χ1) is 13.5. The molecule has 28 heavy (non-hydrogen) atoms. The number of nitrogens with zero attached hydrogens (tertiary/aromatic N) is 2. The van der Waals surface area contributed by atoms with Crippen LogP contribution in [-0.4, -0.2) is 35.2 Å². The Kier molecular flexibility index (Phi) is 4.03. The highest BCUT2D eigenvalue weighted by Gasteiger charge is 2.32. The molecular formula is C20H24N4O3S. The summed E-state index contributed by atoms with van der Waals surface area (Å²) in [5, 5.41) is 0.809. The second-order valence-electron chi connectivity index (χ2n) is 8.01. The Morgan fingerprint density at radius 2 is 2.07 bits per heavy atom. The molecule has 2 aromatic heterocycles. The fourth-order valence-corrected chi connectivity index (χ4v) is 5.37. The van der Waals surface area contributed by atoms with Crippen molar-refractivity contribution in [2.75, 3.05) is 25.1 Å². The van der Waals surface area contributed by atoms with Crippen LogP contribution in [-0.2, 0) is 0 Å². The summed E-state index contributed by atoms with van der Waals surface area (Å²) in [4.78, 5) is 28.4. The van der Waals surface area contributed by atoms with Crippen LogP contribution in [0.2, 0.25) is 0 Å². The quantitative estimate of drug-likeness (QED) is 0.702. The highest BCUT2D eigenvalue weighted by Crippen LogP contribution is 2.45. The van der Waals surface area contributed by atoms with Crippen molar-refractivity contribution in [2.24, 2.45) is 11.7 Å². The number of nitrogens with one attached hydrogen (secondary N) is 1. The number of fused-ring (bicyclic) bond motifs is 2. The molecule has 1 saturated carbocycles. The Bertz CT molecular complexity index is 1190. The molecule has 0 amide bonds. The monoisotopic (exact) mass is 400 g/mol. The fraction of sp³-hybridized carbons (Fsp3) is 0.500. The number of rotatable bonds is 4. The van der Waals surface area contributed by atoms with Gasteiger partial charge in [0.2, 0.25) is 5.43 Å².